The molecule has 3 rings (SSSR count). The van der Waals surface area contributed by atoms with Gasteiger partial charge in [-0.25, -0.2) is 4.39 Å². The van der Waals surface area contributed by atoms with E-state index >= 15 is 0 Å². The molecule has 0 heterocycles. The van der Waals surface area contributed by atoms with Gasteiger partial charge in [-0.3, -0.25) is 9.59 Å². The van der Waals surface area contributed by atoms with Crippen LogP contribution in [0, 0.1) is 5.82 Å². The molecule has 0 aliphatic heterocycles. The highest BCUT2D eigenvalue weighted by Crippen LogP contribution is 2.19. The third kappa shape index (κ3) is 7.53. The van der Waals surface area contributed by atoms with E-state index in [0.717, 1.165) is 15.6 Å². The lowest BCUT2D eigenvalue weighted by Gasteiger charge is -2.32. The van der Waals surface area contributed by atoms with Crippen LogP contribution in [0.5, 0.6) is 0 Å². The van der Waals surface area contributed by atoms with Crippen molar-refractivity contribution in [2.45, 2.75) is 45.3 Å². The third-order valence-corrected chi connectivity index (χ3v) is 5.71. The fraction of sp³-hybridized carbons (Fsp3) is 0.259. The van der Waals surface area contributed by atoms with E-state index in [-0.39, 0.29) is 36.6 Å². The van der Waals surface area contributed by atoms with Gasteiger partial charge in [0.25, 0.3) is 0 Å². The van der Waals surface area contributed by atoms with Crippen LogP contribution in [0.3, 0.4) is 0 Å². The van der Waals surface area contributed by atoms with Crippen LogP contribution in [0.15, 0.2) is 83.3 Å². The molecule has 0 aliphatic rings. The van der Waals surface area contributed by atoms with Gasteiger partial charge in [0, 0.05) is 23.5 Å². The molecule has 0 fully saturated rings. The number of hydrogen-bond acceptors (Lipinski definition) is 2. The molecular weight excluding hydrogens is 483 g/mol. The van der Waals surface area contributed by atoms with E-state index in [4.69, 9.17) is 0 Å². The summed E-state index contributed by atoms with van der Waals surface area (Å²) in [4.78, 5) is 28.5. The highest BCUT2D eigenvalue weighted by Gasteiger charge is 2.30. The Balaban J connectivity index is 1.96. The Morgan fingerprint density at radius 2 is 1.58 bits per heavy atom. The highest BCUT2D eigenvalue weighted by atomic mass is 79.9. The second-order valence-corrected chi connectivity index (χ2v) is 9.24. The second-order valence-electron chi connectivity index (χ2n) is 8.32. The molecule has 3 aromatic carbocycles. The number of nitrogens with zero attached hydrogens (tertiary/aromatic N) is 1. The molecule has 2 amide bonds. The second kappa shape index (κ2) is 11.8. The fourth-order valence-electron chi connectivity index (χ4n) is 3.65. The van der Waals surface area contributed by atoms with E-state index in [0.29, 0.717) is 12.0 Å². The Kier molecular flexibility index (Phi) is 8.78. The monoisotopic (exact) mass is 510 g/mol. The summed E-state index contributed by atoms with van der Waals surface area (Å²) in [5.74, 6) is -0.742. The summed E-state index contributed by atoms with van der Waals surface area (Å²) >= 11 is 3.48. The van der Waals surface area contributed by atoms with Gasteiger partial charge in [0.1, 0.15) is 11.9 Å². The average Bonchev–Trinajstić information content (AvgIpc) is 2.78. The van der Waals surface area contributed by atoms with Crippen LogP contribution in [0.4, 0.5) is 4.39 Å². The lowest BCUT2D eigenvalue weighted by Crippen LogP contribution is -2.52. The topological polar surface area (TPSA) is 49.4 Å². The maximum absolute atomic E-state index is 13.5. The predicted octanol–water partition coefficient (Wildman–Crippen LogP) is 5.30. The molecule has 4 nitrogen and oxygen atoms in total. The summed E-state index contributed by atoms with van der Waals surface area (Å²) in [6.07, 6.45) is 0.469. The number of nitrogens with one attached hydrogen (secondary N) is 1. The van der Waals surface area contributed by atoms with Crippen molar-refractivity contribution in [2.24, 2.45) is 0 Å². The van der Waals surface area contributed by atoms with E-state index < -0.39 is 6.04 Å². The van der Waals surface area contributed by atoms with Crippen molar-refractivity contribution >= 4 is 27.7 Å². The van der Waals surface area contributed by atoms with Crippen LogP contribution in [-0.4, -0.2) is 28.8 Å². The molecule has 33 heavy (non-hydrogen) atoms. The van der Waals surface area contributed by atoms with Crippen LogP contribution in [0.2, 0.25) is 0 Å². The Morgan fingerprint density at radius 3 is 2.21 bits per heavy atom. The van der Waals surface area contributed by atoms with Crippen LogP contribution in [0.25, 0.3) is 0 Å². The molecule has 0 unspecified atom stereocenters. The number of carbonyl (C=O) groups is 2. The van der Waals surface area contributed by atoms with Gasteiger partial charge in [-0.15, -0.1) is 0 Å². The summed E-state index contributed by atoms with van der Waals surface area (Å²) < 4.78 is 14.3. The first-order valence-corrected chi connectivity index (χ1v) is 11.7. The minimum absolute atomic E-state index is 0.0595. The Morgan fingerprint density at radius 1 is 0.909 bits per heavy atom. The number of benzene rings is 3. The maximum atomic E-state index is 13.5. The molecule has 0 aromatic heterocycles. The summed E-state index contributed by atoms with van der Waals surface area (Å²) in [6, 6.07) is 22.5. The zero-order chi connectivity index (χ0) is 23.8. The van der Waals surface area contributed by atoms with E-state index in [1.54, 1.807) is 17.0 Å². The molecule has 6 heteroatoms. The lowest BCUT2D eigenvalue weighted by atomic mass is 10.0. The number of halogens is 2. The molecule has 0 radical (unpaired) electrons. The standard InChI is InChI=1S/C27H28BrFN2O2/c1-19(2)30-27(33)25(16-20-7-4-3-5-8-20)31(18-22-9-6-10-23(28)15-22)26(32)17-21-11-13-24(29)14-12-21/h3-15,19,25H,16-18H2,1-2H3,(H,30,33)/t25-/m1/s1. The van der Waals surface area contributed by atoms with Gasteiger partial charge < -0.3 is 10.2 Å². The van der Waals surface area contributed by atoms with Crippen molar-refractivity contribution in [1.29, 1.82) is 0 Å². The molecule has 0 saturated heterocycles. The molecule has 1 N–H and O–H groups in total. The minimum Gasteiger partial charge on any atom is -0.352 e. The normalized spacial score (nSPS) is 11.8. The first-order chi connectivity index (χ1) is 15.8. The zero-order valence-corrected chi connectivity index (χ0v) is 20.4. The van der Waals surface area contributed by atoms with Crippen molar-refractivity contribution in [3.05, 3.63) is 106 Å². The summed E-state index contributed by atoms with van der Waals surface area (Å²) in [5, 5.41) is 2.98. The molecule has 0 aliphatic carbocycles. The molecule has 0 bridgehead atoms. The van der Waals surface area contributed by atoms with Crippen LogP contribution in [-0.2, 0) is 29.0 Å². The summed E-state index contributed by atoms with van der Waals surface area (Å²) in [7, 11) is 0. The van der Waals surface area contributed by atoms with E-state index in [2.05, 4.69) is 21.2 Å². The molecule has 0 spiro atoms. The largest absolute Gasteiger partial charge is 0.352 e. The SMILES string of the molecule is CC(C)NC(=O)[C@@H](Cc1ccccc1)N(Cc1cccc(Br)c1)C(=O)Cc1ccc(F)cc1. The number of carbonyl (C=O) groups excluding carboxylic acids is 2. The Hall–Kier alpha value is -2.99. The van der Waals surface area contributed by atoms with Crippen molar-refractivity contribution in [3.63, 3.8) is 0 Å². The van der Waals surface area contributed by atoms with Crippen molar-refractivity contribution in [3.8, 4) is 0 Å². The first-order valence-electron chi connectivity index (χ1n) is 10.9. The van der Waals surface area contributed by atoms with Crippen molar-refractivity contribution < 1.29 is 14.0 Å². The summed E-state index contributed by atoms with van der Waals surface area (Å²) in [6.45, 7) is 4.08. The van der Waals surface area contributed by atoms with Crippen molar-refractivity contribution in [2.75, 3.05) is 0 Å². The fourth-order valence-corrected chi connectivity index (χ4v) is 4.09. The van der Waals surface area contributed by atoms with E-state index in [1.807, 2.05) is 68.4 Å². The lowest BCUT2D eigenvalue weighted by molar-refractivity contribution is -0.141. The quantitative estimate of drug-likeness (QED) is 0.424. The molecular formula is C27H28BrFN2O2. The molecule has 3 aromatic rings. The van der Waals surface area contributed by atoms with Crippen LogP contribution < -0.4 is 5.32 Å². The summed E-state index contributed by atoms with van der Waals surface area (Å²) in [5.41, 5.74) is 2.57. The number of rotatable bonds is 9. The Bertz CT molecular complexity index is 1070. The minimum atomic E-state index is -0.693. The van der Waals surface area contributed by atoms with Gasteiger partial charge in [-0.05, 0) is 54.8 Å². The molecule has 1 atom stereocenters. The van der Waals surface area contributed by atoms with Gasteiger partial charge in [0.2, 0.25) is 11.8 Å². The predicted molar refractivity (Wildman–Crippen MR) is 132 cm³/mol. The third-order valence-electron chi connectivity index (χ3n) is 5.21. The maximum Gasteiger partial charge on any atom is 0.243 e. The average molecular weight is 511 g/mol. The van der Waals surface area contributed by atoms with Crippen LogP contribution >= 0.6 is 15.9 Å². The van der Waals surface area contributed by atoms with E-state index in [1.165, 1.54) is 12.1 Å². The van der Waals surface area contributed by atoms with E-state index in [9.17, 15) is 14.0 Å². The van der Waals surface area contributed by atoms with Gasteiger partial charge in [-0.2, -0.15) is 0 Å². The smallest absolute Gasteiger partial charge is 0.243 e. The first kappa shape index (κ1) is 24.6. The zero-order valence-electron chi connectivity index (χ0n) is 18.8. The van der Waals surface area contributed by atoms with Gasteiger partial charge in [0.05, 0.1) is 6.42 Å². The number of amides is 2. The van der Waals surface area contributed by atoms with Crippen molar-refractivity contribution in [1.82, 2.24) is 10.2 Å². The number of hydrogen-bond donors (Lipinski definition) is 1. The highest BCUT2D eigenvalue weighted by molar-refractivity contribution is 9.10. The van der Waals surface area contributed by atoms with Gasteiger partial charge in [-0.1, -0.05) is 70.5 Å². The van der Waals surface area contributed by atoms with Gasteiger partial charge in [0.15, 0.2) is 0 Å². The van der Waals surface area contributed by atoms with Crippen LogP contribution in [0.1, 0.15) is 30.5 Å². The Labute approximate surface area is 202 Å². The molecule has 172 valence electrons. The molecule has 0 saturated carbocycles. The van der Waals surface area contributed by atoms with Gasteiger partial charge >= 0.3 is 0 Å².